The summed E-state index contributed by atoms with van der Waals surface area (Å²) < 4.78 is 26.6. The molecule has 1 aromatic heterocycles. The normalized spacial score (nSPS) is 11.4. The van der Waals surface area contributed by atoms with E-state index in [1.165, 1.54) is 12.1 Å². The minimum Gasteiger partial charge on any atom is -0.349 e. The first-order chi connectivity index (χ1) is 12.1. The van der Waals surface area contributed by atoms with Crippen LogP contribution in [0.3, 0.4) is 0 Å². The number of rotatable bonds is 6. The smallest absolute Gasteiger partial charge is 0.269 e. The first-order valence-corrected chi connectivity index (χ1v) is 9.23. The number of aromatic nitrogens is 1. The number of pyridine rings is 1. The Bertz CT molecular complexity index is 989. The molecule has 0 atom stereocenters. The van der Waals surface area contributed by atoms with E-state index in [0.29, 0.717) is 5.69 Å². The standard InChI is InChI=1S/C18H17N3O3S/c22-18(17-11-10-14-6-4-5-9-16(14)21-17)19-12-13-20-25(23,24)15-7-2-1-3-8-15/h1-11,20H,12-13H2,(H,19,22). The lowest BCUT2D eigenvalue weighted by atomic mass is 10.2. The predicted molar refractivity (Wildman–Crippen MR) is 95.7 cm³/mol. The highest BCUT2D eigenvalue weighted by molar-refractivity contribution is 7.89. The Kier molecular flexibility index (Phi) is 5.06. The number of benzene rings is 2. The van der Waals surface area contributed by atoms with Gasteiger partial charge < -0.3 is 5.32 Å². The highest BCUT2D eigenvalue weighted by Crippen LogP contribution is 2.11. The molecule has 0 aliphatic rings. The van der Waals surface area contributed by atoms with E-state index in [0.717, 1.165) is 10.9 Å². The molecule has 3 rings (SSSR count). The van der Waals surface area contributed by atoms with E-state index in [9.17, 15) is 13.2 Å². The third kappa shape index (κ3) is 4.20. The summed E-state index contributed by atoms with van der Waals surface area (Å²) in [4.78, 5) is 16.6. The maximum atomic E-state index is 12.1. The zero-order chi connectivity index (χ0) is 17.7. The van der Waals surface area contributed by atoms with Crippen LogP contribution in [0.1, 0.15) is 10.5 Å². The summed E-state index contributed by atoms with van der Waals surface area (Å²) in [5, 5.41) is 3.61. The van der Waals surface area contributed by atoms with Crippen molar-refractivity contribution in [2.24, 2.45) is 0 Å². The number of hydrogen-bond donors (Lipinski definition) is 2. The van der Waals surface area contributed by atoms with E-state index in [2.05, 4.69) is 15.0 Å². The van der Waals surface area contributed by atoms with Crippen LogP contribution in [-0.4, -0.2) is 32.4 Å². The molecule has 0 aliphatic heterocycles. The molecule has 0 aliphatic carbocycles. The van der Waals surface area contributed by atoms with Crippen LogP contribution in [0.4, 0.5) is 0 Å². The van der Waals surface area contributed by atoms with Gasteiger partial charge in [-0.15, -0.1) is 0 Å². The molecule has 0 spiro atoms. The van der Waals surface area contributed by atoms with Gasteiger partial charge in [0.2, 0.25) is 10.0 Å². The molecule has 2 N–H and O–H groups in total. The Morgan fingerprint density at radius 1 is 0.880 bits per heavy atom. The van der Waals surface area contributed by atoms with Gasteiger partial charge in [0.25, 0.3) is 5.91 Å². The first-order valence-electron chi connectivity index (χ1n) is 7.75. The first kappa shape index (κ1) is 17.1. The van der Waals surface area contributed by atoms with E-state index in [1.54, 1.807) is 24.3 Å². The second-order valence-corrected chi connectivity index (χ2v) is 7.12. The highest BCUT2D eigenvalue weighted by atomic mass is 32.2. The lowest BCUT2D eigenvalue weighted by Gasteiger charge is -2.08. The van der Waals surface area contributed by atoms with Gasteiger partial charge in [-0.3, -0.25) is 4.79 Å². The van der Waals surface area contributed by atoms with Crippen molar-refractivity contribution in [1.82, 2.24) is 15.0 Å². The second-order valence-electron chi connectivity index (χ2n) is 5.36. The van der Waals surface area contributed by atoms with Gasteiger partial charge in [-0.05, 0) is 24.3 Å². The summed E-state index contributed by atoms with van der Waals surface area (Å²) in [6.45, 7) is 0.260. The van der Waals surface area contributed by atoms with Crippen molar-refractivity contribution in [3.63, 3.8) is 0 Å². The molecular formula is C18H17N3O3S. The van der Waals surface area contributed by atoms with E-state index in [1.807, 2.05) is 30.3 Å². The maximum Gasteiger partial charge on any atom is 0.269 e. The topological polar surface area (TPSA) is 88.2 Å². The van der Waals surface area contributed by atoms with Crippen LogP contribution < -0.4 is 10.0 Å². The van der Waals surface area contributed by atoms with Crippen molar-refractivity contribution in [3.8, 4) is 0 Å². The monoisotopic (exact) mass is 355 g/mol. The molecule has 0 saturated carbocycles. The highest BCUT2D eigenvalue weighted by Gasteiger charge is 2.13. The molecule has 7 heteroatoms. The number of hydrogen-bond acceptors (Lipinski definition) is 4. The Morgan fingerprint density at radius 3 is 2.40 bits per heavy atom. The Morgan fingerprint density at radius 2 is 1.60 bits per heavy atom. The van der Waals surface area contributed by atoms with Crippen molar-refractivity contribution < 1.29 is 13.2 Å². The van der Waals surface area contributed by atoms with E-state index in [-0.39, 0.29) is 23.9 Å². The average molecular weight is 355 g/mol. The average Bonchev–Trinajstić information content (AvgIpc) is 2.65. The van der Waals surface area contributed by atoms with Crippen LogP contribution in [0.25, 0.3) is 10.9 Å². The Balaban J connectivity index is 1.55. The van der Waals surface area contributed by atoms with E-state index >= 15 is 0 Å². The van der Waals surface area contributed by atoms with Gasteiger partial charge in [-0.1, -0.05) is 42.5 Å². The second kappa shape index (κ2) is 7.42. The number of sulfonamides is 1. The van der Waals surface area contributed by atoms with Gasteiger partial charge in [0.05, 0.1) is 10.4 Å². The summed E-state index contributed by atoms with van der Waals surface area (Å²) in [6.07, 6.45) is 0. The summed E-state index contributed by atoms with van der Waals surface area (Å²) in [5.74, 6) is -0.343. The molecule has 25 heavy (non-hydrogen) atoms. The number of fused-ring (bicyclic) bond motifs is 1. The zero-order valence-electron chi connectivity index (χ0n) is 13.3. The number of carbonyl (C=O) groups excluding carboxylic acids is 1. The number of nitrogens with zero attached hydrogens (tertiary/aromatic N) is 1. The van der Waals surface area contributed by atoms with Crippen LogP contribution in [0.15, 0.2) is 71.6 Å². The minimum absolute atomic E-state index is 0.0938. The van der Waals surface area contributed by atoms with Crippen LogP contribution >= 0.6 is 0 Å². The molecule has 0 bridgehead atoms. The van der Waals surface area contributed by atoms with Gasteiger partial charge >= 0.3 is 0 Å². The third-order valence-electron chi connectivity index (χ3n) is 3.59. The quantitative estimate of drug-likeness (QED) is 0.662. The van der Waals surface area contributed by atoms with Crippen molar-refractivity contribution >= 4 is 26.8 Å². The summed E-state index contributed by atoms with van der Waals surface area (Å²) in [7, 11) is -3.57. The van der Waals surface area contributed by atoms with Crippen molar-refractivity contribution in [2.45, 2.75) is 4.90 Å². The molecule has 6 nitrogen and oxygen atoms in total. The fourth-order valence-electron chi connectivity index (χ4n) is 2.33. The SMILES string of the molecule is O=C(NCCNS(=O)(=O)c1ccccc1)c1ccc2ccccc2n1. The molecule has 2 aromatic carbocycles. The largest absolute Gasteiger partial charge is 0.349 e. The molecule has 0 unspecified atom stereocenters. The molecule has 128 valence electrons. The minimum atomic E-state index is -3.57. The number of nitrogens with one attached hydrogen (secondary N) is 2. The third-order valence-corrected chi connectivity index (χ3v) is 5.06. The van der Waals surface area contributed by atoms with Crippen LogP contribution in [-0.2, 0) is 10.0 Å². The lowest BCUT2D eigenvalue weighted by molar-refractivity contribution is 0.0949. The Labute approximate surface area is 146 Å². The summed E-state index contributed by atoms with van der Waals surface area (Å²) in [6, 6.07) is 19.1. The van der Waals surface area contributed by atoms with Gasteiger partial charge in [-0.25, -0.2) is 18.1 Å². The van der Waals surface area contributed by atoms with Gasteiger partial charge in [0.1, 0.15) is 5.69 Å². The number of carbonyl (C=O) groups is 1. The molecule has 3 aromatic rings. The van der Waals surface area contributed by atoms with Crippen LogP contribution in [0.5, 0.6) is 0 Å². The van der Waals surface area contributed by atoms with Gasteiger partial charge in [0, 0.05) is 18.5 Å². The number of amides is 1. The molecule has 1 amide bonds. The predicted octanol–water partition coefficient (Wildman–Crippen LogP) is 1.94. The van der Waals surface area contributed by atoms with Gasteiger partial charge in [0.15, 0.2) is 0 Å². The maximum absolute atomic E-state index is 12.1. The lowest BCUT2D eigenvalue weighted by Crippen LogP contribution is -2.35. The zero-order valence-corrected chi connectivity index (χ0v) is 14.2. The molecule has 1 heterocycles. The molecule has 0 radical (unpaired) electrons. The van der Waals surface area contributed by atoms with Crippen molar-refractivity contribution in [3.05, 3.63) is 72.4 Å². The number of para-hydroxylation sites is 1. The van der Waals surface area contributed by atoms with Crippen LogP contribution in [0.2, 0.25) is 0 Å². The van der Waals surface area contributed by atoms with Crippen LogP contribution in [0, 0.1) is 0 Å². The van der Waals surface area contributed by atoms with E-state index < -0.39 is 10.0 Å². The molecule has 0 fully saturated rings. The summed E-state index contributed by atoms with van der Waals surface area (Å²) in [5.41, 5.74) is 1.03. The Hall–Kier alpha value is -2.77. The van der Waals surface area contributed by atoms with E-state index in [4.69, 9.17) is 0 Å². The fraction of sp³-hybridized carbons (Fsp3) is 0.111. The van der Waals surface area contributed by atoms with Crippen molar-refractivity contribution in [2.75, 3.05) is 13.1 Å². The van der Waals surface area contributed by atoms with Crippen molar-refractivity contribution in [1.29, 1.82) is 0 Å². The van der Waals surface area contributed by atoms with Gasteiger partial charge in [-0.2, -0.15) is 0 Å². The molecule has 0 saturated heterocycles. The molecular weight excluding hydrogens is 338 g/mol. The fourth-order valence-corrected chi connectivity index (χ4v) is 3.38. The summed E-state index contributed by atoms with van der Waals surface area (Å²) >= 11 is 0.